The van der Waals surface area contributed by atoms with E-state index < -0.39 is 0 Å². The molecule has 2 N–H and O–H groups in total. The Labute approximate surface area is 129 Å². The summed E-state index contributed by atoms with van der Waals surface area (Å²) in [5, 5.41) is 1.03. The molecule has 110 valence electrons. The first-order chi connectivity index (χ1) is 10.8. The van der Waals surface area contributed by atoms with Gasteiger partial charge >= 0.3 is 0 Å². The number of amides is 1. The van der Waals surface area contributed by atoms with E-state index in [9.17, 15) is 4.79 Å². The van der Waals surface area contributed by atoms with E-state index in [-0.39, 0.29) is 5.91 Å². The fourth-order valence-corrected chi connectivity index (χ4v) is 2.25. The number of nitrogens with one attached hydrogen (secondary N) is 2. The number of nitrogens with zero attached hydrogens (tertiary/aromatic N) is 1. The van der Waals surface area contributed by atoms with E-state index in [4.69, 9.17) is 0 Å². The van der Waals surface area contributed by atoms with Gasteiger partial charge in [0, 0.05) is 11.8 Å². The fraction of sp³-hybridized carbons (Fsp3) is 0.111. The van der Waals surface area contributed by atoms with Gasteiger partial charge in [-0.1, -0.05) is 48.5 Å². The summed E-state index contributed by atoms with van der Waals surface area (Å²) >= 11 is 0. The summed E-state index contributed by atoms with van der Waals surface area (Å²) in [4.78, 5) is 16.2. The van der Waals surface area contributed by atoms with Crippen molar-refractivity contribution in [2.24, 2.45) is 0 Å². The zero-order valence-corrected chi connectivity index (χ0v) is 12.1. The van der Waals surface area contributed by atoms with Crippen LogP contribution in [0.2, 0.25) is 0 Å². The van der Waals surface area contributed by atoms with Gasteiger partial charge in [-0.3, -0.25) is 20.6 Å². The average Bonchev–Trinajstić information content (AvgIpc) is 2.59. The topological polar surface area (TPSA) is 54.0 Å². The average molecular weight is 291 g/mol. The lowest BCUT2D eigenvalue weighted by atomic mass is 10.1. The molecule has 0 spiro atoms. The Morgan fingerprint density at radius 1 is 1.00 bits per heavy atom. The molecule has 0 saturated heterocycles. The minimum Gasteiger partial charge on any atom is -0.297 e. The molecule has 0 aliphatic carbocycles. The summed E-state index contributed by atoms with van der Waals surface area (Å²) in [6, 6.07) is 19.8. The third-order valence-electron chi connectivity index (χ3n) is 3.42. The smallest absolute Gasteiger partial charge is 0.238 e. The van der Waals surface area contributed by atoms with Crippen molar-refractivity contribution in [2.45, 2.75) is 12.8 Å². The third kappa shape index (κ3) is 3.61. The molecule has 22 heavy (non-hydrogen) atoms. The normalized spacial score (nSPS) is 10.4. The molecule has 0 aliphatic rings. The zero-order chi connectivity index (χ0) is 15.2. The van der Waals surface area contributed by atoms with Crippen molar-refractivity contribution in [2.75, 3.05) is 5.43 Å². The van der Waals surface area contributed by atoms with Crippen LogP contribution in [0.3, 0.4) is 0 Å². The highest BCUT2D eigenvalue weighted by atomic mass is 16.2. The molecule has 1 heterocycles. The largest absolute Gasteiger partial charge is 0.297 e. The van der Waals surface area contributed by atoms with Crippen molar-refractivity contribution in [1.82, 2.24) is 10.4 Å². The number of rotatable bonds is 5. The Balaban J connectivity index is 1.53. The highest BCUT2D eigenvalue weighted by Crippen LogP contribution is 2.15. The van der Waals surface area contributed by atoms with Gasteiger partial charge in [0.2, 0.25) is 5.91 Å². The van der Waals surface area contributed by atoms with Crippen molar-refractivity contribution in [1.29, 1.82) is 0 Å². The summed E-state index contributed by atoms with van der Waals surface area (Å²) < 4.78 is 0. The molecule has 0 radical (unpaired) electrons. The molecule has 0 bridgehead atoms. The van der Waals surface area contributed by atoms with Gasteiger partial charge in [-0.05, 0) is 24.1 Å². The SMILES string of the molecule is O=C(CCc1ccccc1)NNc1cnc2ccccc2c1. The standard InChI is InChI=1S/C18H17N3O/c22-18(11-10-14-6-2-1-3-7-14)21-20-16-12-15-8-4-5-9-17(15)19-13-16/h1-9,12-13,20H,10-11H2,(H,21,22). The highest BCUT2D eigenvalue weighted by Gasteiger charge is 2.02. The van der Waals surface area contributed by atoms with Crippen LogP contribution < -0.4 is 10.9 Å². The number of para-hydroxylation sites is 1. The van der Waals surface area contributed by atoms with Gasteiger partial charge in [0.05, 0.1) is 17.4 Å². The second kappa shape index (κ2) is 6.72. The van der Waals surface area contributed by atoms with Gasteiger partial charge in [-0.25, -0.2) is 0 Å². The maximum Gasteiger partial charge on any atom is 0.238 e. The van der Waals surface area contributed by atoms with Crippen LogP contribution in [0.4, 0.5) is 5.69 Å². The minimum absolute atomic E-state index is 0.0444. The first-order valence-electron chi connectivity index (χ1n) is 7.25. The molecule has 1 amide bonds. The quantitative estimate of drug-likeness (QED) is 0.709. The van der Waals surface area contributed by atoms with Crippen molar-refractivity contribution in [3.05, 3.63) is 72.4 Å². The first-order valence-corrected chi connectivity index (χ1v) is 7.25. The molecule has 3 rings (SSSR count). The zero-order valence-electron chi connectivity index (χ0n) is 12.1. The van der Waals surface area contributed by atoms with Gasteiger partial charge in [0.25, 0.3) is 0 Å². The summed E-state index contributed by atoms with van der Waals surface area (Å²) in [6.45, 7) is 0. The fourth-order valence-electron chi connectivity index (χ4n) is 2.25. The highest BCUT2D eigenvalue weighted by molar-refractivity contribution is 5.82. The molecular formula is C18H17N3O. The van der Waals surface area contributed by atoms with E-state index in [0.717, 1.165) is 28.6 Å². The van der Waals surface area contributed by atoms with Crippen LogP contribution >= 0.6 is 0 Å². The van der Waals surface area contributed by atoms with E-state index in [0.29, 0.717) is 6.42 Å². The molecular weight excluding hydrogens is 274 g/mol. The van der Waals surface area contributed by atoms with E-state index in [1.54, 1.807) is 6.20 Å². The maximum atomic E-state index is 11.9. The van der Waals surface area contributed by atoms with Crippen molar-refractivity contribution >= 4 is 22.5 Å². The lowest BCUT2D eigenvalue weighted by Gasteiger charge is -2.09. The molecule has 1 aromatic heterocycles. The number of pyridine rings is 1. The van der Waals surface area contributed by atoms with E-state index in [2.05, 4.69) is 15.8 Å². The van der Waals surface area contributed by atoms with Crippen LogP contribution in [0, 0.1) is 0 Å². The third-order valence-corrected chi connectivity index (χ3v) is 3.42. The van der Waals surface area contributed by atoms with E-state index in [1.807, 2.05) is 60.7 Å². The van der Waals surface area contributed by atoms with Crippen LogP contribution in [0.15, 0.2) is 66.9 Å². The maximum absolute atomic E-state index is 11.9. The Morgan fingerprint density at radius 2 is 1.77 bits per heavy atom. The number of hydrogen-bond donors (Lipinski definition) is 2. The summed E-state index contributed by atoms with van der Waals surface area (Å²) in [6.07, 6.45) is 2.88. The monoisotopic (exact) mass is 291 g/mol. The second-order valence-corrected chi connectivity index (χ2v) is 5.08. The Bertz CT molecular complexity index is 771. The van der Waals surface area contributed by atoms with Crippen LogP contribution in [-0.4, -0.2) is 10.9 Å². The predicted molar refractivity (Wildman–Crippen MR) is 88.3 cm³/mol. The van der Waals surface area contributed by atoms with Gasteiger partial charge in [0.15, 0.2) is 0 Å². The number of anilines is 1. The van der Waals surface area contributed by atoms with Gasteiger partial charge in [-0.2, -0.15) is 0 Å². The van der Waals surface area contributed by atoms with Crippen LogP contribution in [0.1, 0.15) is 12.0 Å². The molecule has 4 heteroatoms. The summed E-state index contributed by atoms with van der Waals surface area (Å²) in [7, 11) is 0. The molecule has 3 aromatic rings. The number of carbonyl (C=O) groups is 1. The summed E-state index contributed by atoms with van der Waals surface area (Å²) in [5.74, 6) is -0.0444. The number of fused-ring (bicyclic) bond motifs is 1. The molecule has 0 aliphatic heterocycles. The van der Waals surface area contributed by atoms with Crippen molar-refractivity contribution in [3.8, 4) is 0 Å². The molecule has 0 fully saturated rings. The van der Waals surface area contributed by atoms with E-state index >= 15 is 0 Å². The lowest BCUT2D eigenvalue weighted by molar-refractivity contribution is -0.120. The molecule has 2 aromatic carbocycles. The number of carbonyl (C=O) groups excluding carboxylic acids is 1. The minimum atomic E-state index is -0.0444. The second-order valence-electron chi connectivity index (χ2n) is 5.08. The molecule has 0 saturated carbocycles. The number of benzene rings is 2. The number of hydrazine groups is 1. The Kier molecular flexibility index (Phi) is 4.30. The van der Waals surface area contributed by atoms with Crippen LogP contribution in [-0.2, 0) is 11.2 Å². The van der Waals surface area contributed by atoms with Crippen molar-refractivity contribution in [3.63, 3.8) is 0 Å². The van der Waals surface area contributed by atoms with Gasteiger partial charge in [-0.15, -0.1) is 0 Å². The van der Waals surface area contributed by atoms with Crippen LogP contribution in [0.25, 0.3) is 10.9 Å². The first kappa shape index (κ1) is 14.1. The molecule has 0 unspecified atom stereocenters. The van der Waals surface area contributed by atoms with Crippen LogP contribution in [0.5, 0.6) is 0 Å². The summed E-state index contributed by atoms with van der Waals surface area (Å²) in [5.41, 5.74) is 8.48. The number of aryl methyl sites for hydroxylation is 1. The number of aromatic nitrogens is 1. The lowest BCUT2D eigenvalue weighted by Crippen LogP contribution is -2.29. The van der Waals surface area contributed by atoms with Gasteiger partial charge in [0.1, 0.15) is 0 Å². The predicted octanol–water partition coefficient (Wildman–Crippen LogP) is 3.31. The van der Waals surface area contributed by atoms with Gasteiger partial charge < -0.3 is 0 Å². The number of hydrogen-bond acceptors (Lipinski definition) is 3. The van der Waals surface area contributed by atoms with Crippen molar-refractivity contribution < 1.29 is 4.79 Å². The molecule has 4 nitrogen and oxygen atoms in total. The van der Waals surface area contributed by atoms with E-state index in [1.165, 1.54) is 0 Å². The Hall–Kier alpha value is -2.88. The Morgan fingerprint density at radius 3 is 2.64 bits per heavy atom. The molecule has 0 atom stereocenters.